The number of ether oxygens (including phenoxy) is 7. The summed E-state index contributed by atoms with van der Waals surface area (Å²) in [5.74, 6) is -1.55. The van der Waals surface area contributed by atoms with Gasteiger partial charge >= 0.3 is 5.97 Å². The molecule has 0 radical (unpaired) electrons. The lowest BCUT2D eigenvalue weighted by molar-refractivity contribution is -0.139. The number of hydrogen-bond donors (Lipinski definition) is 0. The van der Waals surface area contributed by atoms with Gasteiger partial charge in [-0.1, -0.05) is 82.2 Å². The smallest absolute Gasteiger partial charge is 0.379 e. The van der Waals surface area contributed by atoms with Crippen LogP contribution in [-0.2, 0) is 38.0 Å². The summed E-state index contributed by atoms with van der Waals surface area (Å²) in [6, 6.07) is 8.29. The van der Waals surface area contributed by atoms with Crippen molar-refractivity contribution in [3.8, 4) is 0 Å². The maximum atomic E-state index is 11.9. The first-order valence-corrected chi connectivity index (χ1v) is 14.5. The van der Waals surface area contributed by atoms with Crippen molar-refractivity contribution in [3.63, 3.8) is 0 Å². The first kappa shape index (κ1) is 35.1. The number of benzene rings is 1. The molecule has 0 unspecified atom stereocenters. The molecule has 0 spiro atoms. The summed E-state index contributed by atoms with van der Waals surface area (Å²) < 4.78 is 37.7. The van der Waals surface area contributed by atoms with Gasteiger partial charge in [0.25, 0.3) is 5.78 Å². The number of hydrogen-bond acceptors (Lipinski definition) is 9. The van der Waals surface area contributed by atoms with E-state index in [2.05, 4.69) is 6.92 Å². The zero-order valence-corrected chi connectivity index (χ0v) is 23.9. The monoisotopic (exact) mass is 554 g/mol. The van der Waals surface area contributed by atoms with Gasteiger partial charge in [0.2, 0.25) is 0 Å². The predicted molar refractivity (Wildman–Crippen MR) is 149 cm³/mol. The topological polar surface area (TPSA) is 98.8 Å². The number of ketones is 1. The molecule has 0 aliphatic carbocycles. The molecule has 0 amide bonds. The van der Waals surface area contributed by atoms with Gasteiger partial charge in [-0.2, -0.15) is 0 Å². The Balaban J connectivity index is 1.70. The molecule has 224 valence electrons. The molecule has 39 heavy (non-hydrogen) atoms. The van der Waals surface area contributed by atoms with E-state index in [1.54, 1.807) is 30.3 Å². The van der Waals surface area contributed by atoms with Gasteiger partial charge in [0, 0.05) is 12.2 Å². The highest BCUT2D eigenvalue weighted by Gasteiger charge is 2.17. The van der Waals surface area contributed by atoms with Crippen LogP contribution in [-0.4, -0.2) is 97.6 Å². The summed E-state index contributed by atoms with van der Waals surface area (Å²) in [5, 5.41) is 0. The predicted octanol–water partition coefficient (Wildman–Crippen LogP) is 4.65. The van der Waals surface area contributed by atoms with Gasteiger partial charge in [0.05, 0.1) is 72.7 Å². The van der Waals surface area contributed by atoms with Crippen LogP contribution in [0.15, 0.2) is 30.3 Å². The Labute approximate surface area is 234 Å². The van der Waals surface area contributed by atoms with Crippen molar-refractivity contribution in [1.82, 2.24) is 0 Å². The highest BCUT2D eigenvalue weighted by molar-refractivity contribution is 6.40. The molecule has 0 aromatic heterocycles. The molecule has 1 aromatic rings. The zero-order chi connectivity index (χ0) is 28.1. The normalized spacial score (nSPS) is 11.1. The first-order chi connectivity index (χ1) is 19.3. The number of carbonyl (C=O) groups excluding carboxylic acids is 2. The van der Waals surface area contributed by atoms with Crippen LogP contribution in [0.5, 0.6) is 0 Å². The van der Waals surface area contributed by atoms with E-state index in [-0.39, 0.29) is 13.2 Å². The quantitative estimate of drug-likeness (QED) is 0.0606. The molecule has 1 rings (SSSR count). The van der Waals surface area contributed by atoms with Gasteiger partial charge in [-0.05, 0) is 6.42 Å². The molecule has 9 nitrogen and oxygen atoms in total. The Hall–Kier alpha value is -1.88. The van der Waals surface area contributed by atoms with Crippen molar-refractivity contribution in [3.05, 3.63) is 35.9 Å². The van der Waals surface area contributed by atoms with Crippen LogP contribution in [0.3, 0.4) is 0 Å². The third kappa shape index (κ3) is 22.6. The molecule has 9 heteroatoms. The molecule has 1 aromatic carbocycles. The van der Waals surface area contributed by atoms with Gasteiger partial charge in [-0.15, -0.1) is 0 Å². The average molecular weight is 555 g/mol. The number of unbranched alkanes of at least 4 members (excludes halogenated alkanes) is 7. The van der Waals surface area contributed by atoms with Crippen molar-refractivity contribution < 1.29 is 42.7 Å². The minimum Gasteiger partial charge on any atom is -0.457 e. The minimum atomic E-state index is -0.885. The number of carbonyl (C=O) groups is 2. The van der Waals surface area contributed by atoms with Gasteiger partial charge in [0.1, 0.15) is 6.61 Å². The molecule has 0 saturated heterocycles. The molecule has 0 aliphatic heterocycles. The lowest BCUT2D eigenvalue weighted by atomic mass is 10.1. The molecular formula is C30H50O9. The second-order valence-electron chi connectivity index (χ2n) is 8.98. The Morgan fingerprint density at radius 1 is 0.487 bits per heavy atom. The van der Waals surface area contributed by atoms with Crippen LogP contribution in [0.1, 0.15) is 68.6 Å². The molecule has 0 aliphatic rings. The number of Topliss-reactive ketones (excluding diaryl/α,β-unsaturated/α-hetero) is 1. The molecule has 0 fully saturated rings. The molecule has 0 atom stereocenters. The van der Waals surface area contributed by atoms with Crippen molar-refractivity contribution in [2.45, 2.75) is 58.3 Å². The summed E-state index contributed by atoms with van der Waals surface area (Å²) in [6.07, 6.45) is 10.5. The largest absolute Gasteiger partial charge is 0.457 e. The van der Waals surface area contributed by atoms with Crippen LogP contribution < -0.4 is 0 Å². The van der Waals surface area contributed by atoms with E-state index in [0.717, 1.165) is 13.0 Å². The SMILES string of the molecule is CCCCCCCCCCOCCOCCOCCOCCOCCOCCOC(=O)C(=O)c1ccccc1. The summed E-state index contributed by atoms with van der Waals surface area (Å²) >= 11 is 0. The van der Waals surface area contributed by atoms with Gasteiger partial charge in [-0.3, -0.25) is 4.79 Å². The van der Waals surface area contributed by atoms with Crippen molar-refractivity contribution in [2.75, 3.05) is 85.9 Å². The second kappa shape index (κ2) is 27.7. The maximum Gasteiger partial charge on any atom is 0.379 e. The van der Waals surface area contributed by atoms with Crippen LogP contribution >= 0.6 is 0 Å². The van der Waals surface area contributed by atoms with E-state index >= 15 is 0 Å². The van der Waals surface area contributed by atoms with E-state index in [9.17, 15) is 9.59 Å². The highest BCUT2D eigenvalue weighted by atomic mass is 16.6. The molecular weight excluding hydrogens is 504 g/mol. The fraction of sp³-hybridized carbons (Fsp3) is 0.733. The van der Waals surface area contributed by atoms with Crippen molar-refractivity contribution >= 4 is 11.8 Å². The Morgan fingerprint density at radius 2 is 0.872 bits per heavy atom. The lowest BCUT2D eigenvalue weighted by Crippen LogP contribution is -2.20. The van der Waals surface area contributed by atoms with E-state index in [0.29, 0.717) is 71.6 Å². The summed E-state index contributed by atoms with van der Waals surface area (Å²) in [4.78, 5) is 23.6. The Kier molecular flexibility index (Phi) is 24.9. The van der Waals surface area contributed by atoms with Gasteiger partial charge in [-0.25, -0.2) is 4.79 Å². The fourth-order valence-corrected chi connectivity index (χ4v) is 3.51. The summed E-state index contributed by atoms with van der Waals surface area (Å²) in [7, 11) is 0. The van der Waals surface area contributed by atoms with Crippen LogP contribution in [0.2, 0.25) is 0 Å². The maximum absolute atomic E-state index is 11.9. The minimum absolute atomic E-state index is 0.0126. The Bertz CT molecular complexity index is 684. The fourth-order valence-electron chi connectivity index (χ4n) is 3.51. The molecule has 0 bridgehead atoms. The van der Waals surface area contributed by atoms with E-state index in [4.69, 9.17) is 33.2 Å². The van der Waals surface area contributed by atoms with Crippen LogP contribution in [0, 0.1) is 0 Å². The standard InChI is InChI=1S/C30H50O9/c1-2-3-4-5-6-7-8-12-15-33-16-17-34-18-19-35-20-21-36-22-23-37-24-25-38-26-27-39-30(32)29(31)28-13-10-9-11-14-28/h9-11,13-14H,2-8,12,15-27H2,1H3. The summed E-state index contributed by atoms with van der Waals surface area (Å²) in [5.41, 5.74) is 0.306. The van der Waals surface area contributed by atoms with Crippen LogP contribution in [0.25, 0.3) is 0 Å². The van der Waals surface area contributed by atoms with Crippen molar-refractivity contribution in [1.29, 1.82) is 0 Å². The molecule has 0 saturated carbocycles. The second-order valence-corrected chi connectivity index (χ2v) is 8.98. The highest BCUT2D eigenvalue weighted by Crippen LogP contribution is 2.08. The molecule has 0 N–H and O–H groups in total. The van der Waals surface area contributed by atoms with Gasteiger partial charge < -0.3 is 33.2 Å². The van der Waals surface area contributed by atoms with Crippen molar-refractivity contribution in [2.24, 2.45) is 0 Å². The molecule has 0 heterocycles. The van der Waals surface area contributed by atoms with E-state index in [1.165, 1.54) is 44.9 Å². The number of rotatable bonds is 29. The third-order valence-corrected chi connectivity index (χ3v) is 5.68. The van der Waals surface area contributed by atoms with Crippen LogP contribution in [0.4, 0.5) is 0 Å². The average Bonchev–Trinajstić information content (AvgIpc) is 2.96. The lowest BCUT2D eigenvalue weighted by Gasteiger charge is -2.08. The first-order valence-electron chi connectivity index (χ1n) is 14.5. The third-order valence-electron chi connectivity index (χ3n) is 5.68. The van der Waals surface area contributed by atoms with Gasteiger partial charge in [0.15, 0.2) is 0 Å². The van der Waals surface area contributed by atoms with E-state index in [1.807, 2.05) is 0 Å². The summed E-state index contributed by atoms with van der Waals surface area (Å²) in [6.45, 7) is 8.26. The Morgan fingerprint density at radius 3 is 1.33 bits per heavy atom. The van der Waals surface area contributed by atoms with E-state index < -0.39 is 11.8 Å². The zero-order valence-electron chi connectivity index (χ0n) is 23.9. The number of esters is 1.